The minimum absolute atomic E-state index is 0.0208. The Morgan fingerprint density at radius 1 is 1.26 bits per heavy atom. The maximum atomic E-state index is 12.6. The summed E-state index contributed by atoms with van der Waals surface area (Å²) < 4.78 is 15.1. The van der Waals surface area contributed by atoms with Crippen molar-refractivity contribution in [1.82, 2.24) is 10.3 Å². The van der Waals surface area contributed by atoms with Gasteiger partial charge in [-0.2, -0.15) is 0 Å². The van der Waals surface area contributed by atoms with Crippen LogP contribution in [0.15, 0.2) is 18.3 Å². The number of methoxy groups -OCH3 is 1. The lowest BCUT2D eigenvalue weighted by Crippen LogP contribution is -2.45. The molecule has 0 radical (unpaired) electrons. The number of nitrogens with one attached hydrogen (secondary N) is 1. The van der Waals surface area contributed by atoms with Crippen molar-refractivity contribution in [2.75, 3.05) is 38.4 Å². The van der Waals surface area contributed by atoms with Gasteiger partial charge in [-0.05, 0) is 51.8 Å². The summed E-state index contributed by atoms with van der Waals surface area (Å²) in [6.45, 7) is 7.01. The number of amides is 2. The van der Waals surface area contributed by atoms with E-state index in [9.17, 15) is 19.5 Å². The van der Waals surface area contributed by atoms with E-state index in [2.05, 4.69) is 10.3 Å². The highest BCUT2D eigenvalue weighted by Crippen LogP contribution is 2.18. The molecule has 0 saturated carbocycles. The number of anilines is 1. The quantitative estimate of drug-likeness (QED) is 0.393. The molecule has 0 aromatic carbocycles. The molecule has 0 unspecified atom stereocenters. The van der Waals surface area contributed by atoms with Gasteiger partial charge in [-0.25, -0.2) is 14.6 Å². The molecule has 1 aromatic rings. The molecule has 174 valence electrons. The summed E-state index contributed by atoms with van der Waals surface area (Å²) in [7, 11) is 1.46. The molecule has 1 heterocycles. The van der Waals surface area contributed by atoms with E-state index in [0.29, 0.717) is 5.82 Å². The molecule has 0 bridgehead atoms. The molecule has 31 heavy (non-hydrogen) atoms. The second-order valence-electron chi connectivity index (χ2n) is 7.89. The molecule has 0 saturated heterocycles. The Kier molecular flexibility index (Phi) is 10.9. The third kappa shape index (κ3) is 10.2. The first-order valence-electron chi connectivity index (χ1n) is 10.1. The molecule has 2 amide bonds. The molecular formula is C21H33N3O7. The first-order valence-corrected chi connectivity index (χ1v) is 10.1. The number of ether oxygens (including phenoxy) is 3. The molecular weight excluding hydrogens is 406 g/mol. The number of nitrogens with zero attached hydrogens (tertiary/aromatic N) is 2. The van der Waals surface area contributed by atoms with Gasteiger partial charge in [0.2, 0.25) is 5.91 Å². The fraction of sp³-hybridized carbons (Fsp3) is 0.619. The van der Waals surface area contributed by atoms with E-state index in [-0.39, 0.29) is 32.6 Å². The van der Waals surface area contributed by atoms with Crippen LogP contribution in [-0.2, 0) is 23.8 Å². The first kappa shape index (κ1) is 26.3. The van der Waals surface area contributed by atoms with E-state index in [4.69, 9.17) is 14.2 Å². The third-order valence-corrected chi connectivity index (χ3v) is 3.91. The number of aliphatic hydroxyl groups is 1. The van der Waals surface area contributed by atoms with Gasteiger partial charge in [0.15, 0.2) is 6.04 Å². The molecule has 0 fully saturated rings. The second kappa shape index (κ2) is 12.9. The van der Waals surface area contributed by atoms with Gasteiger partial charge in [0.05, 0.1) is 13.2 Å². The number of esters is 1. The summed E-state index contributed by atoms with van der Waals surface area (Å²) >= 11 is 0. The highest BCUT2D eigenvalue weighted by molar-refractivity contribution is 5.87. The number of aryl methyl sites for hydroxylation is 1. The zero-order chi connectivity index (χ0) is 23.4. The van der Waals surface area contributed by atoms with E-state index < -0.39 is 36.2 Å². The molecule has 2 N–H and O–H groups in total. The molecule has 0 aliphatic carbocycles. The van der Waals surface area contributed by atoms with Gasteiger partial charge in [0, 0.05) is 26.3 Å². The van der Waals surface area contributed by atoms with Gasteiger partial charge >= 0.3 is 12.1 Å². The molecule has 1 rings (SSSR count). The fourth-order valence-electron chi connectivity index (χ4n) is 2.45. The number of aliphatic hydroxyl groups excluding tert-OH is 1. The zero-order valence-electron chi connectivity index (χ0n) is 18.8. The topological polar surface area (TPSA) is 127 Å². The SMILES string of the molecule is COCCOC(=O)[C@H](CO)NC(=O)CCCN(C(=O)OC(C)(C)C)c1cc(C)ccn1. The number of hydrogen-bond acceptors (Lipinski definition) is 8. The van der Waals surface area contributed by atoms with Gasteiger partial charge in [0.1, 0.15) is 18.0 Å². The maximum Gasteiger partial charge on any atom is 0.416 e. The summed E-state index contributed by atoms with van der Waals surface area (Å²) in [6, 6.07) is 2.40. The van der Waals surface area contributed by atoms with Crippen LogP contribution in [0, 0.1) is 6.92 Å². The summed E-state index contributed by atoms with van der Waals surface area (Å²) in [4.78, 5) is 42.3. The number of carbonyl (C=O) groups excluding carboxylic acids is 3. The average molecular weight is 440 g/mol. The van der Waals surface area contributed by atoms with Crippen molar-refractivity contribution in [3.05, 3.63) is 23.9 Å². The minimum atomic E-state index is -1.16. The van der Waals surface area contributed by atoms with Crippen LogP contribution in [0.2, 0.25) is 0 Å². The van der Waals surface area contributed by atoms with Gasteiger partial charge < -0.3 is 24.6 Å². The van der Waals surface area contributed by atoms with Crippen LogP contribution in [-0.4, -0.2) is 73.2 Å². The number of pyridine rings is 1. The van der Waals surface area contributed by atoms with Crippen LogP contribution < -0.4 is 10.2 Å². The van der Waals surface area contributed by atoms with Gasteiger partial charge in [-0.3, -0.25) is 9.69 Å². The van der Waals surface area contributed by atoms with Crippen molar-refractivity contribution in [1.29, 1.82) is 0 Å². The second-order valence-corrected chi connectivity index (χ2v) is 7.89. The van der Waals surface area contributed by atoms with Crippen molar-refractivity contribution in [2.45, 2.75) is 52.2 Å². The largest absolute Gasteiger partial charge is 0.462 e. The van der Waals surface area contributed by atoms with E-state index in [1.807, 2.05) is 13.0 Å². The van der Waals surface area contributed by atoms with Crippen LogP contribution in [0.1, 0.15) is 39.2 Å². The van der Waals surface area contributed by atoms with Crippen molar-refractivity contribution >= 4 is 23.8 Å². The fourth-order valence-corrected chi connectivity index (χ4v) is 2.45. The smallest absolute Gasteiger partial charge is 0.416 e. The van der Waals surface area contributed by atoms with Gasteiger partial charge in [-0.15, -0.1) is 0 Å². The van der Waals surface area contributed by atoms with Crippen molar-refractivity contribution in [3.63, 3.8) is 0 Å². The normalized spacial score (nSPS) is 12.1. The van der Waals surface area contributed by atoms with Gasteiger partial charge in [0.25, 0.3) is 0 Å². The Morgan fingerprint density at radius 2 is 1.97 bits per heavy atom. The predicted molar refractivity (Wildman–Crippen MR) is 114 cm³/mol. The third-order valence-electron chi connectivity index (χ3n) is 3.91. The van der Waals surface area contributed by atoms with E-state index in [1.165, 1.54) is 12.0 Å². The lowest BCUT2D eigenvalue weighted by atomic mass is 10.2. The van der Waals surface area contributed by atoms with Gasteiger partial charge in [-0.1, -0.05) is 0 Å². The highest BCUT2D eigenvalue weighted by atomic mass is 16.6. The Balaban J connectivity index is 2.68. The molecule has 0 aliphatic heterocycles. The Labute approximate surface area is 182 Å². The minimum Gasteiger partial charge on any atom is -0.462 e. The molecule has 0 aliphatic rings. The molecule has 0 spiro atoms. The molecule has 1 aromatic heterocycles. The van der Waals surface area contributed by atoms with Crippen LogP contribution in [0.25, 0.3) is 0 Å². The number of rotatable bonds is 11. The highest BCUT2D eigenvalue weighted by Gasteiger charge is 2.25. The number of hydrogen-bond donors (Lipinski definition) is 2. The van der Waals surface area contributed by atoms with Crippen LogP contribution in [0.3, 0.4) is 0 Å². The van der Waals surface area contributed by atoms with Crippen molar-refractivity contribution < 1.29 is 33.7 Å². The summed E-state index contributed by atoms with van der Waals surface area (Å²) in [5.41, 5.74) is 0.239. The average Bonchev–Trinajstić information content (AvgIpc) is 2.68. The first-order chi connectivity index (χ1) is 14.6. The van der Waals surface area contributed by atoms with Crippen molar-refractivity contribution in [2.24, 2.45) is 0 Å². The number of carbonyl (C=O) groups is 3. The lowest BCUT2D eigenvalue weighted by molar-refractivity contribution is -0.150. The monoisotopic (exact) mass is 439 g/mol. The van der Waals surface area contributed by atoms with E-state index in [1.54, 1.807) is 33.0 Å². The summed E-state index contributed by atoms with van der Waals surface area (Å²) in [5.74, 6) is -0.777. The van der Waals surface area contributed by atoms with E-state index in [0.717, 1.165) is 5.56 Å². The van der Waals surface area contributed by atoms with Crippen LogP contribution in [0.5, 0.6) is 0 Å². The molecule has 10 heteroatoms. The molecule has 10 nitrogen and oxygen atoms in total. The standard InChI is InChI=1S/C21H33N3O7/c1-15-8-9-22-17(13-15)24(20(28)31-21(2,3)4)10-6-7-18(26)23-16(14-25)19(27)30-12-11-29-5/h8-9,13,16,25H,6-7,10-12,14H2,1-5H3,(H,23,26)/t16-/m0/s1. The van der Waals surface area contributed by atoms with Crippen LogP contribution in [0.4, 0.5) is 10.6 Å². The Bertz CT molecular complexity index is 734. The summed E-state index contributed by atoms with van der Waals surface area (Å²) in [6.07, 6.45) is 1.33. The zero-order valence-corrected chi connectivity index (χ0v) is 18.8. The Hall–Kier alpha value is -2.72. The maximum absolute atomic E-state index is 12.6. The van der Waals surface area contributed by atoms with Crippen molar-refractivity contribution in [3.8, 4) is 0 Å². The number of aromatic nitrogens is 1. The summed E-state index contributed by atoms with van der Waals surface area (Å²) in [5, 5.41) is 11.8. The van der Waals surface area contributed by atoms with Crippen LogP contribution >= 0.6 is 0 Å². The Morgan fingerprint density at radius 3 is 2.55 bits per heavy atom. The molecule has 1 atom stereocenters. The lowest BCUT2D eigenvalue weighted by Gasteiger charge is -2.27. The van der Waals surface area contributed by atoms with E-state index >= 15 is 0 Å². The predicted octanol–water partition coefficient (Wildman–Crippen LogP) is 1.58.